The van der Waals surface area contributed by atoms with E-state index >= 15 is 0 Å². The number of quaternary nitrogens is 1. The minimum Gasteiger partial charge on any atom is -0.462 e. The molecule has 0 saturated carbocycles. The van der Waals surface area contributed by atoms with Crippen LogP contribution >= 0.6 is 0 Å². The lowest BCUT2D eigenvalue weighted by Crippen LogP contribution is -3.13. The summed E-state index contributed by atoms with van der Waals surface area (Å²) < 4.78 is 10.6. The normalized spacial score (nSPS) is 16.0. The van der Waals surface area contributed by atoms with E-state index < -0.39 is 5.97 Å². The van der Waals surface area contributed by atoms with E-state index in [1.807, 2.05) is 18.2 Å². The second kappa shape index (κ2) is 9.54. The fourth-order valence-electron chi connectivity index (χ4n) is 3.71. The molecule has 0 aliphatic carbocycles. The Kier molecular flexibility index (Phi) is 6.84. The summed E-state index contributed by atoms with van der Waals surface area (Å²) in [7, 11) is 0. The molecule has 2 aromatic rings. The minimum absolute atomic E-state index is 0.0184. The lowest BCUT2D eigenvalue weighted by molar-refractivity contribution is -0.886. The van der Waals surface area contributed by atoms with Gasteiger partial charge in [-0.1, -0.05) is 30.3 Å². The standard InChI is InChI=1S/C23H26N2O5/c1-4-29-23(28)21-20(15(2)26)16(3)30-22(21)24-19(27)14-25-12-10-18(11-13-25)17-8-6-5-7-9-17/h5-10H,4,11-14H2,1-3H3,(H,24,27)/p+1. The SMILES string of the molecule is CCOC(=O)c1c(NC(=O)C[NH+]2CC=C(c3ccccc3)CC2)oc(C)c1C(C)=O. The van der Waals surface area contributed by atoms with Crippen LogP contribution in [0.1, 0.15) is 52.3 Å². The van der Waals surface area contributed by atoms with Crippen molar-refractivity contribution < 1.29 is 28.4 Å². The third-order valence-electron chi connectivity index (χ3n) is 5.11. The number of rotatable bonds is 7. The van der Waals surface area contributed by atoms with Crippen LogP contribution in [0.4, 0.5) is 5.88 Å². The van der Waals surface area contributed by atoms with E-state index in [0.717, 1.165) is 24.4 Å². The number of carbonyl (C=O) groups excluding carboxylic acids is 3. The number of hydrogen-bond donors (Lipinski definition) is 2. The number of aryl methyl sites for hydroxylation is 1. The van der Waals surface area contributed by atoms with Gasteiger partial charge in [-0.05, 0) is 38.0 Å². The Morgan fingerprint density at radius 3 is 2.50 bits per heavy atom. The zero-order chi connectivity index (χ0) is 21.7. The first-order chi connectivity index (χ1) is 14.4. The van der Waals surface area contributed by atoms with Gasteiger partial charge in [0, 0.05) is 6.42 Å². The van der Waals surface area contributed by atoms with Gasteiger partial charge in [0.1, 0.15) is 11.3 Å². The van der Waals surface area contributed by atoms with Gasteiger partial charge in [0.25, 0.3) is 5.91 Å². The zero-order valence-corrected chi connectivity index (χ0v) is 17.5. The molecule has 1 atom stereocenters. The van der Waals surface area contributed by atoms with Crippen molar-refractivity contribution in [3.05, 3.63) is 58.9 Å². The molecule has 0 spiro atoms. The molecule has 0 bridgehead atoms. The highest BCUT2D eigenvalue weighted by Gasteiger charge is 2.29. The molecule has 7 nitrogen and oxygen atoms in total. The van der Waals surface area contributed by atoms with Crippen LogP contribution in [0.25, 0.3) is 5.57 Å². The van der Waals surface area contributed by atoms with Gasteiger partial charge in [0.05, 0.1) is 25.3 Å². The Balaban J connectivity index is 1.68. The lowest BCUT2D eigenvalue weighted by atomic mass is 10.00. The topological polar surface area (TPSA) is 90.0 Å². The van der Waals surface area contributed by atoms with Crippen LogP contribution in [0.15, 0.2) is 40.8 Å². The molecule has 1 aromatic carbocycles. The average molecular weight is 411 g/mol. The van der Waals surface area contributed by atoms with Gasteiger partial charge in [-0.3, -0.25) is 14.9 Å². The van der Waals surface area contributed by atoms with Crippen molar-refractivity contribution in [3.63, 3.8) is 0 Å². The van der Waals surface area contributed by atoms with Crippen molar-refractivity contribution in [1.82, 2.24) is 0 Å². The van der Waals surface area contributed by atoms with Crippen LogP contribution in [0.3, 0.4) is 0 Å². The largest absolute Gasteiger partial charge is 0.462 e. The molecular formula is C23H27N2O5+. The highest BCUT2D eigenvalue weighted by atomic mass is 16.5. The predicted molar refractivity (Wildman–Crippen MR) is 113 cm³/mol. The van der Waals surface area contributed by atoms with E-state index in [0.29, 0.717) is 0 Å². The molecule has 2 N–H and O–H groups in total. The van der Waals surface area contributed by atoms with Gasteiger partial charge in [-0.15, -0.1) is 0 Å². The number of Topliss-reactive ketones (excluding diaryl/α,β-unsaturated/α-hetero) is 1. The van der Waals surface area contributed by atoms with Gasteiger partial charge in [0.2, 0.25) is 5.88 Å². The Bertz CT molecular complexity index is 975. The van der Waals surface area contributed by atoms with E-state index in [1.165, 1.54) is 18.1 Å². The molecule has 1 amide bonds. The highest BCUT2D eigenvalue weighted by molar-refractivity contribution is 6.10. The van der Waals surface area contributed by atoms with Gasteiger partial charge in [0.15, 0.2) is 12.3 Å². The summed E-state index contributed by atoms with van der Waals surface area (Å²) in [5, 5.41) is 2.66. The number of ketones is 1. The maximum atomic E-state index is 12.6. The Morgan fingerprint density at radius 2 is 1.90 bits per heavy atom. The second-order valence-corrected chi connectivity index (χ2v) is 7.29. The molecule has 7 heteroatoms. The van der Waals surface area contributed by atoms with Crippen LogP contribution in [0.5, 0.6) is 0 Å². The first kappa shape index (κ1) is 21.5. The third kappa shape index (κ3) is 4.86. The summed E-state index contributed by atoms with van der Waals surface area (Å²) in [6.45, 7) is 6.56. The monoisotopic (exact) mass is 411 g/mol. The number of carbonyl (C=O) groups is 3. The lowest BCUT2D eigenvalue weighted by Gasteiger charge is -2.23. The minimum atomic E-state index is -0.685. The number of amides is 1. The molecule has 158 valence electrons. The summed E-state index contributed by atoms with van der Waals surface area (Å²) in [5.74, 6) is -1.04. The van der Waals surface area contributed by atoms with Crippen molar-refractivity contribution in [2.45, 2.75) is 27.2 Å². The fraction of sp³-hybridized carbons (Fsp3) is 0.348. The quantitative estimate of drug-likeness (QED) is 0.539. The van der Waals surface area contributed by atoms with Gasteiger partial charge >= 0.3 is 5.97 Å². The highest BCUT2D eigenvalue weighted by Crippen LogP contribution is 2.28. The second-order valence-electron chi connectivity index (χ2n) is 7.29. The van der Waals surface area contributed by atoms with E-state index in [-0.39, 0.29) is 47.6 Å². The van der Waals surface area contributed by atoms with Crippen molar-refractivity contribution in [1.29, 1.82) is 0 Å². The number of anilines is 1. The first-order valence-electron chi connectivity index (χ1n) is 10.1. The van der Waals surface area contributed by atoms with Gasteiger partial charge in [-0.25, -0.2) is 4.79 Å². The van der Waals surface area contributed by atoms with Crippen molar-refractivity contribution in [2.75, 3.05) is 31.6 Å². The Morgan fingerprint density at radius 1 is 1.17 bits per heavy atom. The third-order valence-corrected chi connectivity index (χ3v) is 5.11. The van der Waals surface area contributed by atoms with Crippen LogP contribution < -0.4 is 10.2 Å². The maximum absolute atomic E-state index is 12.6. The number of ether oxygens (including phenoxy) is 1. The molecule has 1 unspecified atom stereocenters. The molecule has 1 aromatic heterocycles. The van der Waals surface area contributed by atoms with Crippen LogP contribution in [-0.2, 0) is 9.53 Å². The van der Waals surface area contributed by atoms with E-state index in [4.69, 9.17) is 9.15 Å². The summed E-state index contributed by atoms with van der Waals surface area (Å²) in [4.78, 5) is 38.0. The summed E-state index contributed by atoms with van der Waals surface area (Å²) >= 11 is 0. The van der Waals surface area contributed by atoms with Crippen molar-refractivity contribution in [3.8, 4) is 0 Å². The van der Waals surface area contributed by atoms with E-state index in [2.05, 4.69) is 23.5 Å². The molecule has 1 aliphatic heterocycles. The number of esters is 1. The Labute approximate surface area is 175 Å². The first-order valence-corrected chi connectivity index (χ1v) is 10.1. The number of benzene rings is 1. The molecule has 0 radical (unpaired) electrons. The molecule has 3 rings (SSSR count). The molecule has 0 saturated heterocycles. The van der Waals surface area contributed by atoms with E-state index in [1.54, 1.807) is 13.8 Å². The smallest absolute Gasteiger partial charge is 0.344 e. The maximum Gasteiger partial charge on any atom is 0.344 e. The van der Waals surface area contributed by atoms with Gasteiger partial charge in [-0.2, -0.15) is 0 Å². The molecule has 0 fully saturated rings. The van der Waals surface area contributed by atoms with Crippen molar-refractivity contribution in [2.24, 2.45) is 0 Å². The van der Waals surface area contributed by atoms with Gasteiger partial charge < -0.3 is 14.1 Å². The average Bonchev–Trinajstić information content (AvgIpc) is 3.05. The summed E-state index contributed by atoms with van der Waals surface area (Å²) in [6, 6.07) is 10.2. The molecular weight excluding hydrogens is 384 g/mol. The fourth-order valence-corrected chi connectivity index (χ4v) is 3.71. The Hall–Kier alpha value is -3.19. The van der Waals surface area contributed by atoms with Crippen LogP contribution in [-0.4, -0.2) is 43.9 Å². The molecule has 1 aliphatic rings. The number of hydrogen-bond acceptors (Lipinski definition) is 5. The van der Waals surface area contributed by atoms with Crippen LogP contribution in [0.2, 0.25) is 0 Å². The number of furan rings is 1. The number of nitrogens with one attached hydrogen (secondary N) is 2. The summed E-state index contributed by atoms with van der Waals surface area (Å²) in [5.41, 5.74) is 2.62. The van der Waals surface area contributed by atoms with Crippen molar-refractivity contribution >= 4 is 29.1 Å². The zero-order valence-electron chi connectivity index (χ0n) is 17.5. The molecule has 2 heterocycles. The summed E-state index contributed by atoms with van der Waals surface area (Å²) in [6.07, 6.45) is 3.05. The predicted octanol–water partition coefficient (Wildman–Crippen LogP) is 2.28. The van der Waals surface area contributed by atoms with Crippen LogP contribution in [0, 0.1) is 6.92 Å². The molecule has 30 heavy (non-hydrogen) atoms. The van der Waals surface area contributed by atoms with E-state index in [9.17, 15) is 14.4 Å².